The van der Waals surface area contributed by atoms with Crippen molar-refractivity contribution in [2.45, 2.75) is 78.4 Å². The van der Waals surface area contributed by atoms with Gasteiger partial charge in [0.05, 0.1) is 24.9 Å². The number of hydrogen-bond acceptors (Lipinski definition) is 3. The van der Waals surface area contributed by atoms with E-state index in [-0.39, 0.29) is 5.60 Å². The van der Waals surface area contributed by atoms with Crippen molar-refractivity contribution in [1.29, 1.82) is 0 Å². The zero-order chi connectivity index (χ0) is 16.1. The molecule has 3 heteroatoms. The lowest BCUT2D eigenvalue weighted by Gasteiger charge is -2.27. The summed E-state index contributed by atoms with van der Waals surface area (Å²) in [5, 5.41) is 10.1. The monoisotopic (exact) mass is 300 g/mol. The van der Waals surface area contributed by atoms with Gasteiger partial charge in [0.15, 0.2) is 0 Å². The molecular weight excluding hydrogens is 264 g/mol. The summed E-state index contributed by atoms with van der Waals surface area (Å²) in [6.45, 7) is 12.2. The fourth-order valence-electron chi connectivity index (χ4n) is 2.32. The average Bonchev–Trinajstić information content (AvgIpc) is 2.42. The number of unbranched alkanes of at least 4 members (excludes halogenated alkanes) is 1. The molecule has 0 rings (SSSR count). The van der Waals surface area contributed by atoms with Crippen molar-refractivity contribution in [3.05, 3.63) is 12.2 Å². The van der Waals surface area contributed by atoms with Crippen LogP contribution in [-0.2, 0) is 9.47 Å². The molecule has 0 saturated heterocycles. The molecule has 0 aromatic carbocycles. The molecule has 2 unspecified atom stereocenters. The first-order chi connectivity index (χ1) is 9.95. The molecule has 0 heterocycles. The summed E-state index contributed by atoms with van der Waals surface area (Å²) in [6, 6.07) is 0. The van der Waals surface area contributed by atoms with E-state index in [0.29, 0.717) is 25.6 Å². The second-order valence-corrected chi connectivity index (χ2v) is 6.45. The summed E-state index contributed by atoms with van der Waals surface area (Å²) in [5.41, 5.74) is -0.325. The van der Waals surface area contributed by atoms with Crippen molar-refractivity contribution in [2.24, 2.45) is 5.92 Å². The van der Waals surface area contributed by atoms with Gasteiger partial charge in [-0.1, -0.05) is 45.3 Å². The van der Waals surface area contributed by atoms with E-state index < -0.39 is 6.10 Å². The molecule has 0 aliphatic carbocycles. The van der Waals surface area contributed by atoms with Crippen LogP contribution >= 0.6 is 0 Å². The normalized spacial score (nSPS) is 15.5. The third kappa shape index (κ3) is 11.9. The Morgan fingerprint density at radius 2 is 1.90 bits per heavy atom. The van der Waals surface area contributed by atoms with Gasteiger partial charge in [-0.2, -0.15) is 0 Å². The third-order valence-corrected chi connectivity index (χ3v) is 3.74. The molecule has 0 aliphatic heterocycles. The van der Waals surface area contributed by atoms with Gasteiger partial charge in [0.25, 0.3) is 0 Å². The first-order valence-electron chi connectivity index (χ1n) is 8.46. The highest BCUT2D eigenvalue weighted by Crippen LogP contribution is 2.18. The summed E-state index contributed by atoms with van der Waals surface area (Å²) >= 11 is 0. The average molecular weight is 300 g/mol. The Hall–Kier alpha value is -0.380. The predicted molar refractivity (Wildman–Crippen MR) is 89.6 cm³/mol. The molecule has 0 spiro atoms. The van der Waals surface area contributed by atoms with Crippen LogP contribution in [0.15, 0.2) is 12.2 Å². The minimum absolute atomic E-state index is 0.325. The van der Waals surface area contributed by atoms with Gasteiger partial charge in [-0.3, -0.25) is 0 Å². The van der Waals surface area contributed by atoms with Crippen LogP contribution in [0, 0.1) is 5.92 Å². The Balaban J connectivity index is 3.89. The van der Waals surface area contributed by atoms with Crippen LogP contribution in [-0.4, -0.2) is 36.6 Å². The smallest absolute Gasteiger partial charge is 0.0800 e. The molecular formula is C18H36O3. The first-order valence-corrected chi connectivity index (χ1v) is 8.46. The molecule has 0 aliphatic rings. The topological polar surface area (TPSA) is 38.7 Å². The minimum Gasteiger partial charge on any atom is -0.391 e. The SMILES string of the molecule is C/C=C\COC(C)(C)CC(O)COCC(CC)CCCC. The number of aliphatic hydroxyl groups excluding tert-OH is 1. The van der Waals surface area contributed by atoms with Gasteiger partial charge in [0.1, 0.15) is 0 Å². The van der Waals surface area contributed by atoms with Gasteiger partial charge in [-0.05, 0) is 33.1 Å². The van der Waals surface area contributed by atoms with Crippen LogP contribution in [0.3, 0.4) is 0 Å². The van der Waals surface area contributed by atoms with E-state index in [2.05, 4.69) is 13.8 Å². The van der Waals surface area contributed by atoms with E-state index in [1.165, 1.54) is 19.3 Å². The molecule has 2 atom stereocenters. The molecule has 21 heavy (non-hydrogen) atoms. The fraction of sp³-hybridized carbons (Fsp3) is 0.889. The summed E-state index contributed by atoms with van der Waals surface area (Å²) in [6.07, 6.45) is 8.94. The van der Waals surface area contributed by atoms with Gasteiger partial charge in [0.2, 0.25) is 0 Å². The van der Waals surface area contributed by atoms with Crippen molar-refractivity contribution >= 4 is 0 Å². The highest BCUT2D eigenvalue weighted by Gasteiger charge is 2.22. The van der Waals surface area contributed by atoms with Gasteiger partial charge in [-0.15, -0.1) is 0 Å². The summed E-state index contributed by atoms with van der Waals surface area (Å²) < 4.78 is 11.4. The molecule has 0 bridgehead atoms. The zero-order valence-electron chi connectivity index (χ0n) is 14.7. The Bertz CT molecular complexity index is 261. The fourth-order valence-corrected chi connectivity index (χ4v) is 2.32. The van der Waals surface area contributed by atoms with Gasteiger partial charge >= 0.3 is 0 Å². The van der Waals surface area contributed by atoms with E-state index in [4.69, 9.17) is 9.47 Å². The van der Waals surface area contributed by atoms with Crippen molar-refractivity contribution in [3.63, 3.8) is 0 Å². The maximum Gasteiger partial charge on any atom is 0.0800 e. The zero-order valence-corrected chi connectivity index (χ0v) is 14.7. The first kappa shape index (κ1) is 20.6. The lowest BCUT2D eigenvalue weighted by atomic mass is 10.00. The number of ether oxygens (including phenoxy) is 2. The Morgan fingerprint density at radius 3 is 2.48 bits per heavy atom. The van der Waals surface area contributed by atoms with E-state index in [0.717, 1.165) is 13.0 Å². The highest BCUT2D eigenvalue weighted by atomic mass is 16.5. The summed E-state index contributed by atoms with van der Waals surface area (Å²) in [7, 11) is 0. The number of rotatable bonds is 13. The molecule has 3 nitrogen and oxygen atoms in total. The van der Waals surface area contributed by atoms with Crippen molar-refractivity contribution in [2.75, 3.05) is 19.8 Å². The lowest BCUT2D eigenvalue weighted by Crippen LogP contribution is -2.32. The molecule has 1 N–H and O–H groups in total. The maximum absolute atomic E-state index is 10.1. The molecule has 0 radical (unpaired) electrons. The van der Waals surface area contributed by atoms with E-state index in [1.807, 2.05) is 32.9 Å². The van der Waals surface area contributed by atoms with Crippen LogP contribution < -0.4 is 0 Å². The summed E-state index contributed by atoms with van der Waals surface area (Å²) in [5.74, 6) is 0.621. The second kappa shape index (κ2) is 12.2. The van der Waals surface area contributed by atoms with Crippen LogP contribution in [0.1, 0.15) is 66.7 Å². The second-order valence-electron chi connectivity index (χ2n) is 6.45. The largest absolute Gasteiger partial charge is 0.391 e. The van der Waals surface area contributed by atoms with Crippen molar-refractivity contribution < 1.29 is 14.6 Å². The number of hydrogen-bond donors (Lipinski definition) is 1. The standard InChI is InChI=1S/C18H36O3/c1-6-9-11-16(8-3)14-20-15-17(19)13-18(4,5)21-12-10-7-2/h7,10,16-17,19H,6,8-9,11-15H2,1-5H3/b10-7-. The van der Waals surface area contributed by atoms with Gasteiger partial charge in [0, 0.05) is 13.0 Å². The van der Waals surface area contributed by atoms with Crippen LogP contribution in [0.5, 0.6) is 0 Å². The van der Waals surface area contributed by atoms with Crippen LogP contribution in [0.25, 0.3) is 0 Å². The third-order valence-electron chi connectivity index (χ3n) is 3.74. The highest BCUT2D eigenvalue weighted by molar-refractivity contribution is 4.80. The molecule has 0 saturated carbocycles. The van der Waals surface area contributed by atoms with Gasteiger partial charge < -0.3 is 14.6 Å². The van der Waals surface area contributed by atoms with Crippen molar-refractivity contribution in [1.82, 2.24) is 0 Å². The lowest BCUT2D eigenvalue weighted by molar-refractivity contribution is -0.0593. The molecule has 0 aromatic rings. The van der Waals surface area contributed by atoms with Gasteiger partial charge in [-0.25, -0.2) is 0 Å². The number of allylic oxidation sites excluding steroid dienone is 1. The molecule has 126 valence electrons. The Labute approximate surface area is 131 Å². The Morgan fingerprint density at radius 1 is 1.19 bits per heavy atom. The minimum atomic E-state index is -0.464. The van der Waals surface area contributed by atoms with E-state index in [9.17, 15) is 5.11 Å². The van der Waals surface area contributed by atoms with Crippen LogP contribution in [0.2, 0.25) is 0 Å². The van der Waals surface area contributed by atoms with E-state index >= 15 is 0 Å². The van der Waals surface area contributed by atoms with E-state index in [1.54, 1.807) is 0 Å². The quantitative estimate of drug-likeness (QED) is 0.514. The number of aliphatic hydroxyl groups is 1. The molecule has 0 fully saturated rings. The molecule has 0 amide bonds. The maximum atomic E-state index is 10.1. The Kier molecular flexibility index (Phi) is 12.0. The molecule has 0 aromatic heterocycles. The van der Waals surface area contributed by atoms with Crippen molar-refractivity contribution in [3.8, 4) is 0 Å². The van der Waals surface area contributed by atoms with Crippen LogP contribution in [0.4, 0.5) is 0 Å². The summed E-state index contributed by atoms with van der Waals surface area (Å²) in [4.78, 5) is 0. The predicted octanol–water partition coefficient (Wildman–Crippen LogP) is 4.34.